The van der Waals surface area contributed by atoms with E-state index in [9.17, 15) is 4.79 Å². The van der Waals surface area contributed by atoms with Crippen LogP contribution in [0.15, 0.2) is 33.3 Å². The zero-order chi connectivity index (χ0) is 13.8. The number of carbonyl (C=O) groups excluding carboxylic acids is 1. The maximum absolute atomic E-state index is 11.9. The molecule has 0 saturated heterocycles. The predicted octanol–water partition coefficient (Wildman–Crippen LogP) is 3.11. The molecule has 0 N–H and O–H groups in total. The summed E-state index contributed by atoms with van der Waals surface area (Å²) in [7, 11) is 1.54. The first-order chi connectivity index (χ1) is 9.10. The van der Waals surface area contributed by atoms with Gasteiger partial charge in [0.1, 0.15) is 5.75 Å². The van der Waals surface area contributed by atoms with E-state index in [-0.39, 0.29) is 6.61 Å². The van der Waals surface area contributed by atoms with Crippen molar-refractivity contribution in [2.75, 3.05) is 7.11 Å². The average Bonchev–Trinajstić information content (AvgIpc) is 2.82. The molecule has 0 atom stereocenters. The summed E-state index contributed by atoms with van der Waals surface area (Å²) in [5.41, 5.74) is 1.14. The van der Waals surface area contributed by atoms with Crippen molar-refractivity contribution in [2.24, 2.45) is 0 Å². The van der Waals surface area contributed by atoms with Gasteiger partial charge >= 0.3 is 5.97 Å². The van der Waals surface area contributed by atoms with E-state index in [1.165, 1.54) is 7.11 Å². The van der Waals surface area contributed by atoms with E-state index in [1.807, 2.05) is 0 Å². The van der Waals surface area contributed by atoms with Gasteiger partial charge in [-0.25, -0.2) is 4.79 Å². The zero-order valence-corrected chi connectivity index (χ0v) is 12.1. The summed E-state index contributed by atoms with van der Waals surface area (Å²) in [6, 6.07) is 6.81. The molecule has 2 aromatic rings. The van der Waals surface area contributed by atoms with Gasteiger partial charge in [0.15, 0.2) is 12.4 Å². The molecule has 0 amide bonds. The molecule has 100 valence electrons. The standard InChI is InChI=1S/C13H12BrNO4/c1-8-5-10(19-15-8)7-18-13(16)11-6-9(17-2)3-4-12(11)14/h3-6H,7H2,1-2H3. The first kappa shape index (κ1) is 13.6. The summed E-state index contributed by atoms with van der Waals surface area (Å²) < 4.78 is 15.8. The van der Waals surface area contributed by atoms with E-state index in [2.05, 4.69) is 21.1 Å². The third kappa shape index (κ3) is 3.35. The van der Waals surface area contributed by atoms with Crippen molar-refractivity contribution in [3.05, 3.63) is 45.8 Å². The molecule has 0 spiro atoms. The first-order valence-corrected chi connectivity index (χ1v) is 6.32. The summed E-state index contributed by atoms with van der Waals surface area (Å²) in [4.78, 5) is 11.9. The van der Waals surface area contributed by atoms with Crippen molar-refractivity contribution >= 4 is 21.9 Å². The highest BCUT2D eigenvalue weighted by Gasteiger charge is 2.14. The molecule has 0 aliphatic heterocycles. The van der Waals surface area contributed by atoms with Gasteiger partial charge in [-0.2, -0.15) is 0 Å². The normalized spacial score (nSPS) is 10.3. The van der Waals surface area contributed by atoms with E-state index >= 15 is 0 Å². The fourth-order valence-corrected chi connectivity index (χ4v) is 1.90. The van der Waals surface area contributed by atoms with E-state index in [4.69, 9.17) is 14.0 Å². The Morgan fingerprint density at radius 2 is 2.21 bits per heavy atom. The maximum Gasteiger partial charge on any atom is 0.339 e. The Kier molecular flexibility index (Phi) is 4.21. The van der Waals surface area contributed by atoms with Crippen LogP contribution in [-0.4, -0.2) is 18.2 Å². The minimum absolute atomic E-state index is 0.0450. The first-order valence-electron chi connectivity index (χ1n) is 5.53. The van der Waals surface area contributed by atoms with Crippen LogP contribution in [0.2, 0.25) is 0 Å². The van der Waals surface area contributed by atoms with E-state index in [1.54, 1.807) is 31.2 Å². The lowest BCUT2D eigenvalue weighted by Crippen LogP contribution is -2.06. The second kappa shape index (κ2) is 5.88. The van der Waals surface area contributed by atoms with Crippen molar-refractivity contribution in [1.82, 2.24) is 5.16 Å². The minimum atomic E-state index is -0.458. The van der Waals surface area contributed by atoms with Gasteiger partial charge in [-0.15, -0.1) is 0 Å². The van der Waals surface area contributed by atoms with Crippen molar-refractivity contribution < 1.29 is 18.8 Å². The monoisotopic (exact) mass is 325 g/mol. The molecule has 6 heteroatoms. The molecular weight excluding hydrogens is 314 g/mol. The molecule has 0 unspecified atom stereocenters. The molecule has 1 aromatic heterocycles. The Bertz CT molecular complexity index is 594. The molecule has 0 aliphatic rings. The Hall–Kier alpha value is -1.82. The highest BCUT2D eigenvalue weighted by atomic mass is 79.9. The summed E-state index contributed by atoms with van der Waals surface area (Å²) >= 11 is 3.30. The third-order valence-electron chi connectivity index (χ3n) is 2.42. The summed E-state index contributed by atoms with van der Waals surface area (Å²) in [5, 5.41) is 3.72. The third-order valence-corrected chi connectivity index (χ3v) is 3.11. The van der Waals surface area contributed by atoms with Gasteiger partial charge in [0.05, 0.1) is 18.4 Å². The largest absolute Gasteiger partial charge is 0.497 e. The van der Waals surface area contributed by atoms with Crippen LogP contribution in [0.25, 0.3) is 0 Å². The second-order valence-corrected chi connectivity index (χ2v) is 4.71. The molecule has 19 heavy (non-hydrogen) atoms. The van der Waals surface area contributed by atoms with Gasteiger partial charge < -0.3 is 14.0 Å². The van der Waals surface area contributed by atoms with Crippen LogP contribution in [0.1, 0.15) is 21.8 Å². The van der Waals surface area contributed by atoms with Crippen LogP contribution in [0, 0.1) is 6.92 Å². The Morgan fingerprint density at radius 3 is 2.84 bits per heavy atom. The fourth-order valence-electron chi connectivity index (χ4n) is 1.49. The van der Waals surface area contributed by atoms with Gasteiger partial charge in [-0.3, -0.25) is 0 Å². The lowest BCUT2D eigenvalue weighted by Gasteiger charge is -2.06. The van der Waals surface area contributed by atoms with E-state index < -0.39 is 5.97 Å². The smallest absolute Gasteiger partial charge is 0.339 e. The van der Waals surface area contributed by atoms with Crippen LogP contribution >= 0.6 is 15.9 Å². The lowest BCUT2D eigenvalue weighted by molar-refractivity contribution is 0.0436. The number of aryl methyl sites for hydroxylation is 1. The highest BCUT2D eigenvalue weighted by molar-refractivity contribution is 9.10. The van der Waals surface area contributed by atoms with E-state index in [0.29, 0.717) is 21.5 Å². The highest BCUT2D eigenvalue weighted by Crippen LogP contribution is 2.23. The van der Waals surface area contributed by atoms with Crippen molar-refractivity contribution in [3.63, 3.8) is 0 Å². The molecule has 1 heterocycles. The molecule has 0 aliphatic carbocycles. The molecular formula is C13H12BrNO4. The van der Waals surface area contributed by atoms with Crippen molar-refractivity contribution in [3.8, 4) is 5.75 Å². The Labute approximate surface area is 118 Å². The zero-order valence-electron chi connectivity index (χ0n) is 10.5. The molecule has 0 radical (unpaired) electrons. The fraction of sp³-hybridized carbons (Fsp3) is 0.231. The van der Waals surface area contributed by atoms with Gasteiger partial charge in [0, 0.05) is 10.5 Å². The van der Waals surface area contributed by atoms with Crippen molar-refractivity contribution in [2.45, 2.75) is 13.5 Å². The number of esters is 1. The number of hydrogen-bond donors (Lipinski definition) is 0. The molecule has 0 saturated carbocycles. The number of carbonyl (C=O) groups is 1. The number of methoxy groups -OCH3 is 1. The number of rotatable bonds is 4. The second-order valence-electron chi connectivity index (χ2n) is 3.86. The number of hydrogen-bond acceptors (Lipinski definition) is 5. The number of aromatic nitrogens is 1. The SMILES string of the molecule is COc1ccc(Br)c(C(=O)OCc2cc(C)no2)c1. The maximum atomic E-state index is 11.9. The van der Waals surface area contributed by atoms with E-state index in [0.717, 1.165) is 5.69 Å². The molecule has 1 aromatic carbocycles. The number of ether oxygens (including phenoxy) is 2. The number of halogens is 1. The van der Waals surface area contributed by atoms with Crippen LogP contribution in [0.3, 0.4) is 0 Å². The van der Waals surface area contributed by atoms with Gasteiger partial charge in [-0.1, -0.05) is 5.16 Å². The molecule has 5 nitrogen and oxygen atoms in total. The van der Waals surface area contributed by atoms with Crippen LogP contribution in [0.5, 0.6) is 5.75 Å². The van der Waals surface area contributed by atoms with Crippen LogP contribution in [0.4, 0.5) is 0 Å². The number of benzene rings is 1. The van der Waals surface area contributed by atoms with Gasteiger partial charge in [-0.05, 0) is 41.1 Å². The summed E-state index contributed by atoms with van der Waals surface area (Å²) in [6.45, 7) is 1.84. The molecule has 0 bridgehead atoms. The van der Waals surface area contributed by atoms with Gasteiger partial charge in [0.25, 0.3) is 0 Å². The topological polar surface area (TPSA) is 61.6 Å². The molecule has 0 fully saturated rings. The van der Waals surface area contributed by atoms with Crippen LogP contribution in [-0.2, 0) is 11.3 Å². The van der Waals surface area contributed by atoms with Gasteiger partial charge in [0.2, 0.25) is 0 Å². The quantitative estimate of drug-likeness (QED) is 0.808. The molecule has 2 rings (SSSR count). The predicted molar refractivity (Wildman–Crippen MR) is 71.1 cm³/mol. The minimum Gasteiger partial charge on any atom is -0.497 e. The Morgan fingerprint density at radius 1 is 1.42 bits per heavy atom. The summed E-state index contributed by atoms with van der Waals surface area (Å²) in [6.07, 6.45) is 0. The Balaban J connectivity index is 2.07. The van der Waals surface area contributed by atoms with Crippen LogP contribution < -0.4 is 4.74 Å². The average molecular weight is 326 g/mol. The summed E-state index contributed by atoms with van der Waals surface area (Å²) in [5.74, 6) is 0.635. The van der Waals surface area contributed by atoms with Crippen molar-refractivity contribution in [1.29, 1.82) is 0 Å². The number of nitrogens with zero attached hydrogens (tertiary/aromatic N) is 1. The lowest BCUT2D eigenvalue weighted by atomic mass is 10.2.